The molecule has 1 heterocycles. The highest BCUT2D eigenvalue weighted by molar-refractivity contribution is 7.89. The van der Waals surface area contributed by atoms with E-state index in [-0.39, 0.29) is 44.0 Å². The minimum absolute atomic E-state index is 0.0596. The Hall–Kier alpha value is -1.98. The minimum atomic E-state index is -3.79. The summed E-state index contributed by atoms with van der Waals surface area (Å²) in [5.41, 5.74) is 0. The van der Waals surface area contributed by atoms with Gasteiger partial charge in [-0.3, -0.25) is 4.79 Å². The number of halogens is 2. The van der Waals surface area contributed by atoms with E-state index in [0.29, 0.717) is 11.5 Å². The van der Waals surface area contributed by atoms with Crippen molar-refractivity contribution in [2.45, 2.75) is 24.2 Å². The third-order valence-electron chi connectivity index (χ3n) is 5.03. The number of benzene rings is 1. The SMILES string of the molecule is COCCN(CC(F)F)C(=O)C1CCN(S(=O)(=O)c2ccc(OC)c(OC)c2)CC1. The fourth-order valence-electron chi connectivity index (χ4n) is 3.39. The predicted molar refractivity (Wildman–Crippen MR) is 105 cm³/mol. The maximum Gasteiger partial charge on any atom is 0.255 e. The van der Waals surface area contributed by atoms with Crippen molar-refractivity contribution in [2.75, 3.05) is 54.1 Å². The number of ether oxygens (including phenoxy) is 3. The van der Waals surface area contributed by atoms with Crippen LogP contribution >= 0.6 is 0 Å². The van der Waals surface area contributed by atoms with Crippen LogP contribution in [0.25, 0.3) is 0 Å². The van der Waals surface area contributed by atoms with Crippen molar-refractivity contribution in [3.8, 4) is 11.5 Å². The second kappa shape index (κ2) is 10.9. The molecule has 0 atom stereocenters. The average Bonchev–Trinajstić information content (AvgIpc) is 2.75. The van der Waals surface area contributed by atoms with Gasteiger partial charge in [-0.05, 0) is 25.0 Å². The third kappa shape index (κ3) is 5.79. The maximum atomic E-state index is 13.0. The Balaban J connectivity index is 2.07. The molecule has 1 fully saturated rings. The van der Waals surface area contributed by atoms with Crippen LogP contribution in [0.4, 0.5) is 8.78 Å². The second-order valence-corrected chi connectivity index (χ2v) is 8.80. The topological polar surface area (TPSA) is 85.4 Å². The quantitative estimate of drug-likeness (QED) is 0.541. The molecule has 0 aliphatic carbocycles. The molecule has 11 heteroatoms. The molecular weight excluding hydrogens is 422 g/mol. The van der Waals surface area contributed by atoms with Crippen molar-refractivity contribution in [1.82, 2.24) is 9.21 Å². The molecule has 0 aromatic heterocycles. The molecule has 30 heavy (non-hydrogen) atoms. The minimum Gasteiger partial charge on any atom is -0.493 e. The number of amides is 1. The molecule has 0 saturated carbocycles. The zero-order valence-corrected chi connectivity index (χ0v) is 18.2. The molecule has 1 aliphatic rings. The molecule has 0 unspecified atom stereocenters. The van der Waals surface area contributed by atoms with Crippen molar-refractivity contribution < 1.29 is 36.2 Å². The van der Waals surface area contributed by atoms with Crippen LogP contribution in [0.1, 0.15) is 12.8 Å². The van der Waals surface area contributed by atoms with Crippen LogP contribution in [0.5, 0.6) is 11.5 Å². The van der Waals surface area contributed by atoms with E-state index in [4.69, 9.17) is 14.2 Å². The molecule has 0 radical (unpaired) electrons. The Kier molecular flexibility index (Phi) is 8.80. The lowest BCUT2D eigenvalue weighted by Gasteiger charge is -2.33. The Morgan fingerprint density at radius 3 is 2.33 bits per heavy atom. The van der Waals surface area contributed by atoms with Gasteiger partial charge in [-0.15, -0.1) is 0 Å². The number of hydrogen-bond acceptors (Lipinski definition) is 6. The summed E-state index contributed by atoms with van der Waals surface area (Å²) in [6.07, 6.45) is -2.12. The van der Waals surface area contributed by atoms with Gasteiger partial charge in [0.15, 0.2) is 11.5 Å². The number of piperidine rings is 1. The van der Waals surface area contributed by atoms with E-state index in [0.717, 1.165) is 4.90 Å². The Labute approximate surface area is 175 Å². The largest absolute Gasteiger partial charge is 0.493 e. The molecule has 1 aromatic carbocycles. The normalized spacial score (nSPS) is 15.9. The van der Waals surface area contributed by atoms with Crippen LogP contribution in [-0.2, 0) is 19.6 Å². The van der Waals surface area contributed by atoms with Crippen molar-refractivity contribution >= 4 is 15.9 Å². The van der Waals surface area contributed by atoms with Crippen LogP contribution in [0.2, 0.25) is 0 Å². The number of carbonyl (C=O) groups is 1. The fourth-order valence-corrected chi connectivity index (χ4v) is 4.87. The number of rotatable bonds is 10. The van der Waals surface area contributed by atoms with Crippen LogP contribution < -0.4 is 9.47 Å². The molecule has 2 rings (SSSR count). The van der Waals surface area contributed by atoms with Gasteiger partial charge < -0.3 is 19.1 Å². The summed E-state index contributed by atoms with van der Waals surface area (Å²) in [5, 5.41) is 0. The van der Waals surface area contributed by atoms with Gasteiger partial charge in [-0.2, -0.15) is 4.31 Å². The van der Waals surface area contributed by atoms with Crippen LogP contribution in [0, 0.1) is 5.92 Å². The molecule has 1 aromatic rings. The van der Waals surface area contributed by atoms with E-state index < -0.39 is 34.8 Å². The second-order valence-electron chi connectivity index (χ2n) is 6.86. The van der Waals surface area contributed by atoms with Crippen molar-refractivity contribution in [1.29, 1.82) is 0 Å². The van der Waals surface area contributed by atoms with Gasteiger partial charge in [0.25, 0.3) is 6.43 Å². The lowest BCUT2D eigenvalue weighted by Crippen LogP contribution is -2.46. The van der Waals surface area contributed by atoms with E-state index in [9.17, 15) is 22.0 Å². The molecule has 8 nitrogen and oxygen atoms in total. The smallest absolute Gasteiger partial charge is 0.255 e. The molecule has 1 amide bonds. The third-order valence-corrected chi connectivity index (χ3v) is 6.93. The highest BCUT2D eigenvalue weighted by Gasteiger charge is 2.34. The maximum absolute atomic E-state index is 13.0. The molecule has 0 bridgehead atoms. The number of carbonyl (C=O) groups excluding carboxylic acids is 1. The first-order valence-electron chi connectivity index (χ1n) is 9.52. The van der Waals surface area contributed by atoms with E-state index in [1.165, 1.54) is 43.8 Å². The van der Waals surface area contributed by atoms with Gasteiger partial charge >= 0.3 is 0 Å². The highest BCUT2D eigenvalue weighted by atomic mass is 32.2. The Morgan fingerprint density at radius 2 is 1.80 bits per heavy atom. The predicted octanol–water partition coefficient (Wildman–Crippen LogP) is 1.84. The van der Waals surface area contributed by atoms with Crippen LogP contribution in [0.3, 0.4) is 0 Å². The lowest BCUT2D eigenvalue weighted by atomic mass is 9.96. The van der Waals surface area contributed by atoms with Gasteiger partial charge in [0, 0.05) is 38.7 Å². The molecule has 0 N–H and O–H groups in total. The van der Waals surface area contributed by atoms with Crippen molar-refractivity contribution in [3.05, 3.63) is 18.2 Å². The van der Waals surface area contributed by atoms with Crippen molar-refractivity contribution in [2.24, 2.45) is 5.92 Å². The van der Waals surface area contributed by atoms with E-state index in [1.54, 1.807) is 0 Å². The average molecular weight is 451 g/mol. The first-order valence-corrected chi connectivity index (χ1v) is 11.0. The summed E-state index contributed by atoms with van der Waals surface area (Å²) in [4.78, 5) is 13.8. The monoisotopic (exact) mass is 450 g/mol. The van der Waals surface area contributed by atoms with E-state index >= 15 is 0 Å². The zero-order valence-electron chi connectivity index (χ0n) is 17.3. The van der Waals surface area contributed by atoms with Crippen molar-refractivity contribution in [3.63, 3.8) is 0 Å². The number of hydrogen-bond donors (Lipinski definition) is 0. The first-order chi connectivity index (χ1) is 14.2. The van der Waals surface area contributed by atoms with Crippen LogP contribution in [-0.4, -0.2) is 84.1 Å². The van der Waals surface area contributed by atoms with Gasteiger partial charge in [0.2, 0.25) is 15.9 Å². The number of methoxy groups -OCH3 is 3. The summed E-state index contributed by atoms with van der Waals surface area (Å²) in [6, 6.07) is 4.34. The molecule has 0 spiro atoms. The molecule has 1 saturated heterocycles. The summed E-state index contributed by atoms with van der Waals surface area (Å²) < 4.78 is 68.1. The number of nitrogens with zero attached hydrogens (tertiary/aromatic N) is 2. The Morgan fingerprint density at radius 1 is 1.17 bits per heavy atom. The van der Waals surface area contributed by atoms with E-state index in [1.807, 2.05) is 0 Å². The number of sulfonamides is 1. The summed E-state index contributed by atoms with van der Waals surface area (Å²) in [5.74, 6) is -0.187. The zero-order chi connectivity index (χ0) is 22.3. The summed E-state index contributed by atoms with van der Waals surface area (Å²) in [6.45, 7) is -0.180. The first kappa shape index (κ1) is 24.3. The molecular formula is C19H28F2N2O6S. The van der Waals surface area contributed by atoms with E-state index in [2.05, 4.69) is 0 Å². The lowest BCUT2D eigenvalue weighted by molar-refractivity contribution is -0.139. The van der Waals surface area contributed by atoms with Crippen LogP contribution in [0.15, 0.2) is 23.1 Å². The van der Waals surface area contributed by atoms with Gasteiger partial charge in [-0.1, -0.05) is 0 Å². The summed E-state index contributed by atoms with van der Waals surface area (Å²) >= 11 is 0. The van der Waals surface area contributed by atoms with Gasteiger partial charge in [-0.25, -0.2) is 17.2 Å². The Bertz CT molecular complexity index is 813. The standard InChI is InChI=1S/C19H28F2N2O6S/c1-27-11-10-22(13-18(20)21)19(24)14-6-8-23(9-7-14)30(25,26)15-4-5-16(28-2)17(12-15)29-3/h4-5,12,14,18H,6-11,13H2,1-3H3. The highest BCUT2D eigenvalue weighted by Crippen LogP contribution is 2.32. The summed E-state index contributed by atoms with van der Waals surface area (Å²) in [7, 11) is 0.517. The van der Waals surface area contributed by atoms with Gasteiger partial charge in [0.1, 0.15) is 0 Å². The number of alkyl halides is 2. The van der Waals surface area contributed by atoms with Gasteiger partial charge in [0.05, 0.1) is 32.3 Å². The molecule has 1 aliphatic heterocycles. The fraction of sp³-hybridized carbons (Fsp3) is 0.632. The molecule has 170 valence electrons.